The van der Waals surface area contributed by atoms with Crippen LogP contribution >= 0.6 is 0 Å². The lowest BCUT2D eigenvalue weighted by Crippen LogP contribution is -2.32. The number of nitrogens with one attached hydrogen (secondary N) is 1. The minimum atomic E-state index is -0.977. The molecule has 2 N–H and O–H groups in total. The monoisotopic (exact) mass is 315 g/mol. The number of benzene rings is 2. The Balaban J connectivity index is 2.12. The molecule has 23 heavy (non-hydrogen) atoms. The first-order chi connectivity index (χ1) is 11.1. The van der Waals surface area contributed by atoms with Crippen LogP contribution in [0.25, 0.3) is 10.8 Å². The van der Waals surface area contributed by atoms with E-state index in [2.05, 4.69) is 5.32 Å². The molecule has 122 valence electrons. The summed E-state index contributed by atoms with van der Waals surface area (Å²) < 4.78 is 4.99. The summed E-state index contributed by atoms with van der Waals surface area (Å²) in [5, 5.41) is 13.9. The lowest BCUT2D eigenvalue weighted by atomic mass is 9.93. The molecular weight excluding hydrogens is 294 g/mol. The number of carboxylic acids is 1. The van der Waals surface area contributed by atoms with Crippen LogP contribution in [0, 0.1) is 0 Å². The first-order valence-electron chi connectivity index (χ1n) is 7.74. The number of ether oxygens (including phenoxy) is 1. The lowest BCUT2D eigenvalue weighted by Gasteiger charge is -2.16. The van der Waals surface area contributed by atoms with Gasteiger partial charge in [-0.05, 0) is 22.8 Å². The third-order valence-electron chi connectivity index (χ3n) is 3.68. The van der Waals surface area contributed by atoms with Crippen LogP contribution in [0.3, 0.4) is 0 Å². The Morgan fingerprint density at radius 1 is 1.17 bits per heavy atom. The summed E-state index contributed by atoms with van der Waals surface area (Å²) in [6.45, 7) is 2.34. The number of carbonyl (C=O) groups is 2. The minimum absolute atomic E-state index is 0.00566. The maximum Gasteiger partial charge on any atom is 0.407 e. The van der Waals surface area contributed by atoms with Crippen LogP contribution in [0.15, 0.2) is 42.5 Å². The highest BCUT2D eigenvalue weighted by molar-refractivity contribution is 5.91. The van der Waals surface area contributed by atoms with Crippen molar-refractivity contribution in [3.05, 3.63) is 48.0 Å². The molecule has 0 saturated heterocycles. The molecule has 0 unspecified atom stereocenters. The number of alkyl carbamates (subject to hydrolysis) is 1. The summed E-state index contributed by atoms with van der Waals surface area (Å²) in [7, 11) is 0. The number of unbranched alkanes of at least 4 members (excludes halogenated alkanes) is 1. The van der Waals surface area contributed by atoms with Gasteiger partial charge in [0.1, 0.15) is 0 Å². The molecule has 2 aromatic carbocycles. The molecule has 5 heteroatoms. The predicted octanol–water partition coefficient (Wildman–Crippen LogP) is 3.53. The highest BCUT2D eigenvalue weighted by Crippen LogP contribution is 2.25. The summed E-state index contributed by atoms with van der Waals surface area (Å²) in [4.78, 5) is 23.2. The molecule has 0 bridgehead atoms. The second kappa shape index (κ2) is 8.17. The zero-order valence-corrected chi connectivity index (χ0v) is 13.1. The molecule has 5 nitrogen and oxygen atoms in total. The number of rotatable bonds is 7. The Labute approximate surface area is 135 Å². The number of hydrogen-bond acceptors (Lipinski definition) is 3. The molecular formula is C18H21NO4. The SMILES string of the molecule is CCCCOC(=O)NC[C@H](C(=O)O)c1cccc2ccccc12. The number of carbonyl (C=O) groups excluding carboxylic acids is 1. The topological polar surface area (TPSA) is 75.6 Å². The van der Waals surface area contributed by atoms with Gasteiger partial charge in [-0.1, -0.05) is 55.8 Å². The van der Waals surface area contributed by atoms with E-state index in [1.54, 1.807) is 6.07 Å². The van der Waals surface area contributed by atoms with Crippen LogP contribution in [0.4, 0.5) is 4.79 Å². The van der Waals surface area contributed by atoms with Crippen molar-refractivity contribution in [2.24, 2.45) is 0 Å². The summed E-state index contributed by atoms with van der Waals surface area (Å²) in [5.74, 6) is -1.80. The van der Waals surface area contributed by atoms with Crippen molar-refractivity contribution in [3.8, 4) is 0 Å². The van der Waals surface area contributed by atoms with Gasteiger partial charge in [0.25, 0.3) is 0 Å². The molecule has 0 aliphatic heterocycles. The van der Waals surface area contributed by atoms with Crippen LogP contribution in [0.2, 0.25) is 0 Å². The number of amides is 1. The molecule has 0 aliphatic rings. The molecule has 2 rings (SSSR count). The fourth-order valence-corrected chi connectivity index (χ4v) is 2.43. The first-order valence-corrected chi connectivity index (χ1v) is 7.74. The van der Waals surface area contributed by atoms with E-state index in [1.807, 2.05) is 43.3 Å². The van der Waals surface area contributed by atoms with Crippen molar-refractivity contribution in [2.75, 3.05) is 13.2 Å². The fourth-order valence-electron chi connectivity index (χ4n) is 2.43. The fraction of sp³-hybridized carbons (Fsp3) is 0.333. The molecule has 0 radical (unpaired) electrons. The lowest BCUT2D eigenvalue weighted by molar-refractivity contribution is -0.138. The van der Waals surface area contributed by atoms with Crippen molar-refractivity contribution < 1.29 is 19.4 Å². The van der Waals surface area contributed by atoms with Gasteiger partial charge in [0.15, 0.2) is 0 Å². The number of hydrogen-bond donors (Lipinski definition) is 2. The second-order valence-electron chi connectivity index (χ2n) is 5.33. The first kappa shape index (κ1) is 16.8. The Morgan fingerprint density at radius 2 is 1.91 bits per heavy atom. The Morgan fingerprint density at radius 3 is 2.65 bits per heavy atom. The largest absolute Gasteiger partial charge is 0.481 e. The van der Waals surface area contributed by atoms with E-state index < -0.39 is 18.0 Å². The van der Waals surface area contributed by atoms with E-state index >= 15 is 0 Å². The predicted molar refractivity (Wildman–Crippen MR) is 88.6 cm³/mol. The smallest absolute Gasteiger partial charge is 0.407 e. The molecule has 0 spiro atoms. The van der Waals surface area contributed by atoms with Crippen LogP contribution in [0.5, 0.6) is 0 Å². The van der Waals surface area contributed by atoms with Crippen molar-refractivity contribution in [1.82, 2.24) is 5.32 Å². The van der Waals surface area contributed by atoms with E-state index in [1.165, 1.54) is 0 Å². The van der Waals surface area contributed by atoms with Crippen molar-refractivity contribution in [2.45, 2.75) is 25.7 Å². The molecule has 1 amide bonds. The van der Waals surface area contributed by atoms with E-state index in [0.717, 1.165) is 23.6 Å². The van der Waals surface area contributed by atoms with Crippen molar-refractivity contribution in [1.29, 1.82) is 0 Å². The number of aliphatic carboxylic acids is 1. The third-order valence-corrected chi connectivity index (χ3v) is 3.68. The zero-order valence-electron chi connectivity index (χ0n) is 13.1. The molecule has 0 heterocycles. The average Bonchev–Trinajstić information content (AvgIpc) is 2.55. The summed E-state index contributed by atoms with van der Waals surface area (Å²) in [5.41, 5.74) is 0.685. The van der Waals surface area contributed by atoms with E-state index in [4.69, 9.17) is 4.74 Å². The van der Waals surface area contributed by atoms with Crippen LogP contribution in [-0.2, 0) is 9.53 Å². The average molecular weight is 315 g/mol. The highest BCUT2D eigenvalue weighted by Gasteiger charge is 2.22. The molecule has 0 aliphatic carbocycles. The van der Waals surface area contributed by atoms with Gasteiger partial charge in [0.05, 0.1) is 12.5 Å². The second-order valence-corrected chi connectivity index (χ2v) is 5.33. The Bertz CT molecular complexity index is 678. The maximum atomic E-state index is 11.6. The van der Waals surface area contributed by atoms with Crippen molar-refractivity contribution in [3.63, 3.8) is 0 Å². The van der Waals surface area contributed by atoms with E-state index in [9.17, 15) is 14.7 Å². The van der Waals surface area contributed by atoms with Crippen LogP contribution < -0.4 is 5.32 Å². The molecule has 1 atom stereocenters. The van der Waals surface area contributed by atoms with Gasteiger partial charge in [-0.25, -0.2) is 4.79 Å². The van der Waals surface area contributed by atoms with Gasteiger partial charge >= 0.3 is 12.1 Å². The summed E-state index contributed by atoms with van der Waals surface area (Å²) >= 11 is 0. The molecule has 0 aromatic heterocycles. The van der Waals surface area contributed by atoms with Gasteiger partial charge in [-0.3, -0.25) is 4.79 Å². The Kier molecular flexibility index (Phi) is 5.97. The van der Waals surface area contributed by atoms with Gasteiger partial charge in [-0.2, -0.15) is 0 Å². The Hall–Kier alpha value is -2.56. The van der Waals surface area contributed by atoms with Gasteiger partial charge in [0, 0.05) is 6.54 Å². The van der Waals surface area contributed by atoms with Gasteiger partial charge in [-0.15, -0.1) is 0 Å². The highest BCUT2D eigenvalue weighted by atomic mass is 16.5. The quantitative estimate of drug-likeness (QED) is 0.766. The molecule has 0 fully saturated rings. The minimum Gasteiger partial charge on any atom is -0.481 e. The molecule has 0 saturated carbocycles. The zero-order chi connectivity index (χ0) is 16.7. The van der Waals surface area contributed by atoms with E-state index in [-0.39, 0.29) is 6.54 Å². The standard InChI is InChI=1S/C18H21NO4/c1-2-3-11-23-18(22)19-12-16(17(20)21)15-10-6-8-13-7-4-5-9-14(13)15/h4-10,16H,2-3,11-12H2,1H3,(H,19,22)(H,20,21)/t16-/m0/s1. The van der Waals surface area contributed by atoms with Crippen LogP contribution in [-0.4, -0.2) is 30.3 Å². The third kappa shape index (κ3) is 4.45. The summed E-state index contributed by atoms with van der Waals surface area (Å²) in [6, 6.07) is 13.1. The summed E-state index contributed by atoms with van der Waals surface area (Å²) in [6.07, 6.45) is 1.14. The van der Waals surface area contributed by atoms with Crippen LogP contribution in [0.1, 0.15) is 31.2 Å². The van der Waals surface area contributed by atoms with Gasteiger partial charge < -0.3 is 15.2 Å². The molecule has 2 aromatic rings. The van der Waals surface area contributed by atoms with Crippen molar-refractivity contribution >= 4 is 22.8 Å². The number of carboxylic acid groups (broad SMARTS) is 1. The van der Waals surface area contributed by atoms with E-state index in [0.29, 0.717) is 12.2 Å². The number of fused-ring (bicyclic) bond motifs is 1. The maximum absolute atomic E-state index is 11.6. The van der Waals surface area contributed by atoms with Gasteiger partial charge in [0.2, 0.25) is 0 Å². The normalized spacial score (nSPS) is 11.9.